The first kappa shape index (κ1) is 12.1. The molecular weight excluding hydrogens is 168 g/mol. The molecule has 0 aromatic heterocycles. The van der Waals surface area contributed by atoms with Crippen LogP contribution in [-0.2, 0) is 0 Å². The van der Waals surface area contributed by atoms with Gasteiger partial charge in [-0.3, -0.25) is 0 Å². The monoisotopic (exact) mass is 196 g/mol. The summed E-state index contributed by atoms with van der Waals surface area (Å²) in [7, 11) is 0. The maximum Gasteiger partial charge on any atom is -0.0352 e. The third-order valence-electron chi connectivity index (χ3n) is 3.90. The van der Waals surface area contributed by atoms with Crippen LogP contribution in [0.15, 0.2) is 0 Å². The standard InChI is InChI=1S/C14H28/c1-5-10-14(3,4)11-13-8-6-12(2)7-9-13/h12-13H,5-11H2,1-4H3. The van der Waals surface area contributed by atoms with Gasteiger partial charge < -0.3 is 0 Å². The first-order valence-electron chi connectivity index (χ1n) is 6.53. The van der Waals surface area contributed by atoms with E-state index in [0.29, 0.717) is 5.41 Å². The van der Waals surface area contributed by atoms with Crippen LogP contribution in [0.5, 0.6) is 0 Å². The van der Waals surface area contributed by atoms with Gasteiger partial charge in [-0.1, -0.05) is 59.8 Å². The fraction of sp³-hybridized carbons (Fsp3) is 1.00. The molecule has 0 atom stereocenters. The van der Waals surface area contributed by atoms with Crippen molar-refractivity contribution in [1.82, 2.24) is 0 Å². The van der Waals surface area contributed by atoms with Gasteiger partial charge in [0.2, 0.25) is 0 Å². The number of hydrogen-bond donors (Lipinski definition) is 0. The third-order valence-corrected chi connectivity index (χ3v) is 3.90. The van der Waals surface area contributed by atoms with E-state index < -0.39 is 0 Å². The lowest BCUT2D eigenvalue weighted by Crippen LogP contribution is -2.20. The number of rotatable bonds is 4. The van der Waals surface area contributed by atoms with E-state index in [1.807, 2.05) is 0 Å². The van der Waals surface area contributed by atoms with Crippen LogP contribution in [-0.4, -0.2) is 0 Å². The van der Waals surface area contributed by atoms with Crippen LogP contribution < -0.4 is 0 Å². The Morgan fingerprint density at radius 2 is 1.64 bits per heavy atom. The minimum Gasteiger partial charge on any atom is -0.0654 e. The molecule has 0 aromatic carbocycles. The molecule has 0 nitrogen and oxygen atoms in total. The molecule has 0 saturated heterocycles. The van der Waals surface area contributed by atoms with Crippen molar-refractivity contribution in [2.24, 2.45) is 17.3 Å². The Bertz CT molecular complexity index is 149. The average Bonchev–Trinajstić information content (AvgIpc) is 2.08. The van der Waals surface area contributed by atoms with Crippen LogP contribution in [0.2, 0.25) is 0 Å². The molecule has 1 fully saturated rings. The highest BCUT2D eigenvalue weighted by Crippen LogP contribution is 2.38. The van der Waals surface area contributed by atoms with Gasteiger partial charge in [-0.05, 0) is 30.1 Å². The zero-order valence-electron chi connectivity index (χ0n) is 10.6. The summed E-state index contributed by atoms with van der Waals surface area (Å²) in [5.41, 5.74) is 0.597. The molecule has 14 heavy (non-hydrogen) atoms. The van der Waals surface area contributed by atoms with Crippen molar-refractivity contribution in [3.8, 4) is 0 Å². The Morgan fingerprint density at radius 3 is 2.14 bits per heavy atom. The van der Waals surface area contributed by atoms with Crippen molar-refractivity contribution in [3.05, 3.63) is 0 Å². The fourth-order valence-electron chi connectivity index (χ4n) is 3.09. The first-order valence-corrected chi connectivity index (χ1v) is 6.53. The van der Waals surface area contributed by atoms with Gasteiger partial charge in [0.15, 0.2) is 0 Å². The van der Waals surface area contributed by atoms with E-state index in [1.165, 1.54) is 44.9 Å². The average molecular weight is 196 g/mol. The van der Waals surface area contributed by atoms with Crippen LogP contribution in [0, 0.1) is 17.3 Å². The molecule has 1 aliphatic carbocycles. The largest absolute Gasteiger partial charge is 0.0654 e. The van der Waals surface area contributed by atoms with Crippen molar-refractivity contribution in [1.29, 1.82) is 0 Å². The molecule has 1 rings (SSSR count). The zero-order chi connectivity index (χ0) is 10.6. The summed E-state index contributed by atoms with van der Waals surface area (Å²) in [6.45, 7) is 9.63. The molecular formula is C14H28. The second-order valence-corrected chi connectivity index (χ2v) is 6.24. The first-order chi connectivity index (χ1) is 6.53. The second kappa shape index (κ2) is 5.19. The van der Waals surface area contributed by atoms with E-state index in [2.05, 4.69) is 27.7 Å². The maximum absolute atomic E-state index is 2.45. The molecule has 0 bridgehead atoms. The van der Waals surface area contributed by atoms with Gasteiger partial charge >= 0.3 is 0 Å². The Morgan fingerprint density at radius 1 is 1.07 bits per heavy atom. The zero-order valence-corrected chi connectivity index (χ0v) is 10.6. The van der Waals surface area contributed by atoms with E-state index in [4.69, 9.17) is 0 Å². The lowest BCUT2D eigenvalue weighted by Gasteiger charge is -2.33. The fourth-order valence-corrected chi connectivity index (χ4v) is 3.09. The molecule has 0 aliphatic heterocycles. The summed E-state index contributed by atoms with van der Waals surface area (Å²) in [6.07, 6.45) is 10.2. The Labute approximate surface area is 90.5 Å². The third kappa shape index (κ3) is 4.02. The molecule has 0 heteroatoms. The smallest absolute Gasteiger partial charge is 0.0352 e. The molecule has 0 amide bonds. The lowest BCUT2D eigenvalue weighted by atomic mass is 9.73. The van der Waals surface area contributed by atoms with Crippen LogP contribution in [0.3, 0.4) is 0 Å². The van der Waals surface area contributed by atoms with Gasteiger partial charge in [0.25, 0.3) is 0 Å². The van der Waals surface area contributed by atoms with Crippen molar-refractivity contribution in [3.63, 3.8) is 0 Å². The van der Waals surface area contributed by atoms with Crippen molar-refractivity contribution in [2.75, 3.05) is 0 Å². The maximum atomic E-state index is 2.45. The molecule has 1 aliphatic rings. The molecule has 0 unspecified atom stereocenters. The van der Waals surface area contributed by atoms with E-state index in [1.54, 1.807) is 0 Å². The van der Waals surface area contributed by atoms with E-state index >= 15 is 0 Å². The summed E-state index contributed by atoms with van der Waals surface area (Å²) < 4.78 is 0. The number of hydrogen-bond acceptors (Lipinski definition) is 0. The van der Waals surface area contributed by atoms with Gasteiger partial charge in [-0.25, -0.2) is 0 Å². The molecule has 0 spiro atoms. The Balaban J connectivity index is 2.29. The summed E-state index contributed by atoms with van der Waals surface area (Å²) in [4.78, 5) is 0. The van der Waals surface area contributed by atoms with Gasteiger partial charge in [-0.2, -0.15) is 0 Å². The minimum absolute atomic E-state index is 0.597. The summed E-state index contributed by atoms with van der Waals surface area (Å²) in [6, 6.07) is 0. The highest BCUT2D eigenvalue weighted by molar-refractivity contribution is 4.77. The highest BCUT2D eigenvalue weighted by Gasteiger charge is 2.25. The topological polar surface area (TPSA) is 0 Å². The summed E-state index contributed by atoms with van der Waals surface area (Å²) in [5.74, 6) is 2.04. The van der Waals surface area contributed by atoms with Crippen molar-refractivity contribution >= 4 is 0 Å². The van der Waals surface area contributed by atoms with Gasteiger partial charge in [-0.15, -0.1) is 0 Å². The van der Waals surface area contributed by atoms with Crippen LogP contribution >= 0.6 is 0 Å². The molecule has 84 valence electrons. The Hall–Kier alpha value is 0. The molecule has 0 radical (unpaired) electrons. The van der Waals surface area contributed by atoms with E-state index in [9.17, 15) is 0 Å². The predicted octanol–water partition coefficient (Wildman–Crippen LogP) is 5.03. The molecule has 0 heterocycles. The second-order valence-electron chi connectivity index (χ2n) is 6.24. The molecule has 0 N–H and O–H groups in total. The van der Waals surface area contributed by atoms with Crippen LogP contribution in [0.25, 0.3) is 0 Å². The molecule has 1 saturated carbocycles. The van der Waals surface area contributed by atoms with Crippen molar-refractivity contribution < 1.29 is 0 Å². The van der Waals surface area contributed by atoms with E-state index in [-0.39, 0.29) is 0 Å². The van der Waals surface area contributed by atoms with Gasteiger partial charge in [0, 0.05) is 0 Å². The summed E-state index contributed by atoms with van der Waals surface area (Å²) >= 11 is 0. The quantitative estimate of drug-likeness (QED) is 0.591. The lowest BCUT2D eigenvalue weighted by molar-refractivity contribution is 0.188. The normalized spacial score (nSPS) is 29.1. The van der Waals surface area contributed by atoms with Crippen molar-refractivity contribution in [2.45, 2.75) is 72.6 Å². The molecule has 0 aromatic rings. The van der Waals surface area contributed by atoms with Gasteiger partial charge in [0.1, 0.15) is 0 Å². The Kier molecular flexibility index (Phi) is 4.47. The highest BCUT2D eigenvalue weighted by atomic mass is 14.3. The van der Waals surface area contributed by atoms with Crippen LogP contribution in [0.1, 0.15) is 72.6 Å². The summed E-state index contributed by atoms with van der Waals surface area (Å²) in [5, 5.41) is 0. The van der Waals surface area contributed by atoms with Crippen LogP contribution in [0.4, 0.5) is 0 Å². The van der Waals surface area contributed by atoms with Gasteiger partial charge in [0.05, 0.1) is 0 Å². The van der Waals surface area contributed by atoms with E-state index in [0.717, 1.165) is 11.8 Å². The SMILES string of the molecule is CCCC(C)(C)CC1CCC(C)CC1. The minimum atomic E-state index is 0.597. The predicted molar refractivity (Wildman–Crippen MR) is 64.4 cm³/mol.